The van der Waals surface area contributed by atoms with Gasteiger partial charge in [0.2, 0.25) is 0 Å². The van der Waals surface area contributed by atoms with E-state index in [2.05, 4.69) is 5.32 Å². The number of nitrogens with one attached hydrogen (secondary N) is 1. The van der Waals surface area contributed by atoms with Crippen LogP contribution in [0.15, 0.2) is 36.4 Å². The van der Waals surface area contributed by atoms with Crippen molar-refractivity contribution < 1.29 is 19.0 Å². The minimum atomic E-state index is -0.111. The normalized spacial score (nSPS) is 11.5. The fourth-order valence-corrected chi connectivity index (χ4v) is 3.95. The third-order valence-electron chi connectivity index (χ3n) is 5.49. The molecular weight excluding hydrogens is 420 g/mol. The molecule has 0 saturated carbocycles. The zero-order valence-corrected chi connectivity index (χ0v) is 19.8. The molecule has 8 heteroatoms. The zero-order valence-electron chi connectivity index (χ0n) is 19.8. The predicted octanol–water partition coefficient (Wildman–Crippen LogP) is 4.00. The molecule has 0 unspecified atom stereocenters. The van der Waals surface area contributed by atoms with Gasteiger partial charge in [0.05, 0.1) is 18.9 Å². The van der Waals surface area contributed by atoms with Crippen LogP contribution in [0.2, 0.25) is 0 Å². The molecule has 4 rings (SSSR count). The maximum Gasteiger partial charge on any atom is 0.259 e. The summed E-state index contributed by atoms with van der Waals surface area (Å²) in [5, 5.41) is 8.16. The molecule has 1 aliphatic rings. The van der Waals surface area contributed by atoms with Crippen molar-refractivity contribution in [3.8, 4) is 28.5 Å². The summed E-state index contributed by atoms with van der Waals surface area (Å²) in [6.45, 7) is 4.97. The minimum absolute atomic E-state index is 0.0485. The van der Waals surface area contributed by atoms with Crippen molar-refractivity contribution in [1.29, 1.82) is 0 Å². The molecule has 0 saturated heterocycles. The highest BCUT2D eigenvalue weighted by molar-refractivity contribution is 5.82. The van der Waals surface area contributed by atoms with Crippen molar-refractivity contribution in [3.63, 3.8) is 0 Å². The average Bonchev–Trinajstić information content (AvgIpc) is 3.29. The maximum atomic E-state index is 12.0. The quantitative estimate of drug-likeness (QED) is 0.415. The van der Waals surface area contributed by atoms with Crippen LogP contribution in [0.25, 0.3) is 11.3 Å². The van der Waals surface area contributed by atoms with Crippen molar-refractivity contribution in [2.75, 3.05) is 39.2 Å². The van der Waals surface area contributed by atoms with E-state index in [1.807, 2.05) is 62.0 Å². The van der Waals surface area contributed by atoms with Crippen LogP contribution < -0.4 is 19.5 Å². The summed E-state index contributed by atoms with van der Waals surface area (Å²) in [5.41, 5.74) is 5.23. The monoisotopic (exact) mass is 450 g/mol. The van der Waals surface area contributed by atoms with E-state index in [-0.39, 0.29) is 12.5 Å². The Morgan fingerprint density at radius 3 is 2.58 bits per heavy atom. The van der Waals surface area contributed by atoms with Gasteiger partial charge < -0.3 is 24.4 Å². The van der Waals surface area contributed by atoms with Gasteiger partial charge in [-0.3, -0.25) is 9.48 Å². The van der Waals surface area contributed by atoms with Gasteiger partial charge in [0.25, 0.3) is 5.91 Å². The number of fused-ring (bicyclic) bond motifs is 3. The van der Waals surface area contributed by atoms with Gasteiger partial charge in [-0.15, -0.1) is 0 Å². The van der Waals surface area contributed by atoms with Crippen molar-refractivity contribution in [2.45, 2.75) is 20.3 Å². The molecule has 0 radical (unpaired) electrons. The standard InChI is InChI=1S/C25H30N4O4/c1-6-31-18-10-8-9-17(13-18)26-25-20-11-16-12-21(32-7-2)22(33-15-23(30)28(3)4)14-19(16)24(20)29(5)27-25/h8-10,12-14H,6-7,11,15H2,1-5H3,(H,26,27). The number of likely N-dealkylation sites (N-methyl/N-ethyl adjacent to an activating group) is 1. The number of aryl methyl sites for hydroxylation is 1. The van der Waals surface area contributed by atoms with Gasteiger partial charge in [0.1, 0.15) is 5.75 Å². The molecule has 1 N–H and O–H groups in total. The summed E-state index contributed by atoms with van der Waals surface area (Å²) in [5.74, 6) is 2.70. The molecule has 1 aliphatic carbocycles. The Morgan fingerprint density at radius 2 is 1.85 bits per heavy atom. The Bertz CT molecular complexity index is 1170. The number of benzene rings is 2. The molecule has 8 nitrogen and oxygen atoms in total. The molecule has 0 aliphatic heterocycles. The van der Waals surface area contributed by atoms with Crippen LogP contribution in [0.1, 0.15) is 25.0 Å². The maximum absolute atomic E-state index is 12.0. The molecule has 0 spiro atoms. The highest BCUT2D eigenvalue weighted by Gasteiger charge is 2.29. The van der Waals surface area contributed by atoms with E-state index in [9.17, 15) is 4.79 Å². The van der Waals surface area contributed by atoms with Crippen LogP contribution in [0.3, 0.4) is 0 Å². The molecule has 2 aromatic carbocycles. The summed E-state index contributed by atoms with van der Waals surface area (Å²) < 4.78 is 19.2. The number of carbonyl (C=O) groups excluding carboxylic acids is 1. The summed E-state index contributed by atoms with van der Waals surface area (Å²) in [6, 6.07) is 11.8. The molecule has 1 amide bonds. The zero-order chi connectivity index (χ0) is 23.5. The number of hydrogen-bond acceptors (Lipinski definition) is 6. The summed E-state index contributed by atoms with van der Waals surface area (Å²) in [4.78, 5) is 13.5. The lowest BCUT2D eigenvalue weighted by molar-refractivity contribution is -0.130. The first-order chi connectivity index (χ1) is 15.9. The number of rotatable bonds is 9. The van der Waals surface area contributed by atoms with Crippen LogP contribution in [-0.2, 0) is 18.3 Å². The first-order valence-corrected chi connectivity index (χ1v) is 11.1. The minimum Gasteiger partial charge on any atom is -0.494 e. The second-order valence-corrected chi connectivity index (χ2v) is 8.03. The Morgan fingerprint density at radius 1 is 1.09 bits per heavy atom. The predicted molar refractivity (Wildman–Crippen MR) is 128 cm³/mol. The van der Waals surface area contributed by atoms with Crippen molar-refractivity contribution in [1.82, 2.24) is 14.7 Å². The summed E-state index contributed by atoms with van der Waals surface area (Å²) in [6.07, 6.45) is 0.725. The summed E-state index contributed by atoms with van der Waals surface area (Å²) in [7, 11) is 5.35. The Balaban J connectivity index is 1.65. The second kappa shape index (κ2) is 9.44. The molecule has 174 valence electrons. The topological polar surface area (TPSA) is 77.9 Å². The van der Waals surface area contributed by atoms with E-state index < -0.39 is 0 Å². The fourth-order valence-electron chi connectivity index (χ4n) is 3.95. The molecule has 0 bridgehead atoms. The van der Waals surface area contributed by atoms with Crippen LogP contribution in [0, 0.1) is 0 Å². The second-order valence-electron chi connectivity index (χ2n) is 8.03. The van der Waals surface area contributed by atoms with Gasteiger partial charge in [-0.25, -0.2) is 0 Å². The molecular formula is C25H30N4O4. The van der Waals surface area contributed by atoms with Crippen molar-refractivity contribution in [2.24, 2.45) is 7.05 Å². The van der Waals surface area contributed by atoms with Crippen molar-refractivity contribution >= 4 is 17.4 Å². The van der Waals surface area contributed by atoms with Gasteiger partial charge in [-0.05, 0) is 43.7 Å². The average molecular weight is 451 g/mol. The van der Waals surface area contributed by atoms with Gasteiger partial charge in [-0.2, -0.15) is 5.10 Å². The van der Waals surface area contributed by atoms with Gasteiger partial charge in [0, 0.05) is 50.4 Å². The van der Waals surface area contributed by atoms with Gasteiger partial charge >= 0.3 is 0 Å². The Kier molecular flexibility index (Phi) is 6.44. The van der Waals surface area contributed by atoms with E-state index in [0.29, 0.717) is 24.7 Å². The Labute approximate surface area is 194 Å². The van der Waals surface area contributed by atoms with Crippen LogP contribution >= 0.6 is 0 Å². The molecule has 1 aromatic heterocycles. The lowest BCUT2D eigenvalue weighted by Gasteiger charge is -2.16. The van der Waals surface area contributed by atoms with E-state index in [1.54, 1.807) is 14.1 Å². The van der Waals surface area contributed by atoms with E-state index in [4.69, 9.17) is 19.3 Å². The molecule has 33 heavy (non-hydrogen) atoms. The number of nitrogens with zero attached hydrogens (tertiary/aromatic N) is 3. The third kappa shape index (κ3) is 4.60. The third-order valence-corrected chi connectivity index (χ3v) is 5.49. The highest BCUT2D eigenvalue weighted by Crippen LogP contribution is 2.45. The van der Waals surface area contributed by atoms with Crippen LogP contribution in [0.4, 0.5) is 11.5 Å². The van der Waals surface area contributed by atoms with Crippen molar-refractivity contribution in [3.05, 3.63) is 47.5 Å². The molecule has 1 heterocycles. The summed E-state index contributed by atoms with van der Waals surface area (Å²) >= 11 is 0. The van der Waals surface area contributed by atoms with E-state index >= 15 is 0 Å². The van der Waals surface area contributed by atoms with E-state index in [0.717, 1.165) is 46.1 Å². The molecule has 3 aromatic rings. The first-order valence-electron chi connectivity index (χ1n) is 11.1. The fraction of sp³-hybridized carbons (Fsp3) is 0.360. The molecule has 0 atom stereocenters. The van der Waals surface area contributed by atoms with Crippen LogP contribution in [0.5, 0.6) is 17.2 Å². The number of amides is 1. The number of hydrogen-bond donors (Lipinski definition) is 1. The highest BCUT2D eigenvalue weighted by atomic mass is 16.5. The number of carbonyl (C=O) groups is 1. The largest absolute Gasteiger partial charge is 0.494 e. The number of ether oxygens (including phenoxy) is 3. The lowest BCUT2D eigenvalue weighted by atomic mass is 10.1. The SMILES string of the molecule is CCOc1cccc(Nc2nn(C)c3c2Cc2cc(OCC)c(OCC(=O)N(C)C)cc2-3)c1. The molecule has 0 fully saturated rings. The smallest absolute Gasteiger partial charge is 0.259 e. The van der Waals surface area contributed by atoms with Crippen LogP contribution in [-0.4, -0.2) is 54.5 Å². The van der Waals surface area contributed by atoms with Gasteiger partial charge in [0.15, 0.2) is 23.9 Å². The first kappa shape index (κ1) is 22.5. The van der Waals surface area contributed by atoms with E-state index in [1.165, 1.54) is 4.90 Å². The lowest BCUT2D eigenvalue weighted by Crippen LogP contribution is -2.27. The Hall–Kier alpha value is -3.68. The van der Waals surface area contributed by atoms with Gasteiger partial charge in [-0.1, -0.05) is 6.07 Å². The number of aromatic nitrogens is 2. The number of anilines is 2.